The number of aliphatic hydroxyl groups is 7. The highest BCUT2D eigenvalue weighted by atomic mass is 16.7. The quantitative estimate of drug-likeness (QED) is 0.268. The Balaban J connectivity index is 2.14. The van der Waals surface area contributed by atoms with Crippen LogP contribution >= 0.6 is 0 Å². The molecule has 0 amide bonds. The molecule has 2 heterocycles. The lowest BCUT2D eigenvalue weighted by Gasteiger charge is -2.41. The molecular formula is C12H22O10. The second-order valence-corrected chi connectivity index (χ2v) is 5.57. The SMILES string of the molecule is C[C@@H]1O[C@@H](O[C@H]2[C@H](O)[C@@H](CO)O[C@]2(O)CO)[C@H](O)[C@H](O)[C@H]1O. The molecular weight excluding hydrogens is 304 g/mol. The highest BCUT2D eigenvalue weighted by molar-refractivity contribution is 4.98. The Kier molecular flexibility index (Phi) is 5.39. The van der Waals surface area contributed by atoms with E-state index in [0.717, 1.165) is 0 Å². The molecule has 9 atom stereocenters. The van der Waals surface area contributed by atoms with Crippen molar-refractivity contribution >= 4 is 0 Å². The van der Waals surface area contributed by atoms with Crippen molar-refractivity contribution in [2.45, 2.75) is 61.7 Å². The van der Waals surface area contributed by atoms with Gasteiger partial charge in [0.2, 0.25) is 5.79 Å². The fraction of sp³-hybridized carbons (Fsp3) is 1.00. The van der Waals surface area contributed by atoms with Gasteiger partial charge in [-0.05, 0) is 6.92 Å². The van der Waals surface area contributed by atoms with E-state index in [-0.39, 0.29) is 0 Å². The maximum Gasteiger partial charge on any atom is 0.219 e. The lowest BCUT2D eigenvalue weighted by molar-refractivity contribution is -0.338. The van der Waals surface area contributed by atoms with Gasteiger partial charge >= 0.3 is 0 Å². The van der Waals surface area contributed by atoms with E-state index in [2.05, 4.69) is 0 Å². The van der Waals surface area contributed by atoms with Crippen molar-refractivity contribution in [3.05, 3.63) is 0 Å². The van der Waals surface area contributed by atoms with Crippen LogP contribution in [0.15, 0.2) is 0 Å². The van der Waals surface area contributed by atoms with E-state index < -0.39 is 68.0 Å². The molecule has 0 aromatic rings. The topological polar surface area (TPSA) is 169 Å². The van der Waals surface area contributed by atoms with Gasteiger partial charge in [0.25, 0.3) is 0 Å². The fourth-order valence-corrected chi connectivity index (χ4v) is 2.59. The molecule has 0 radical (unpaired) electrons. The Morgan fingerprint density at radius 3 is 2.18 bits per heavy atom. The van der Waals surface area contributed by atoms with Crippen LogP contribution in [0.1, 0.15) is 6.92 Å². The molecule has 0 bridgehead atoms. The van der Waals surface area contributed by atoms with Crippen molar-refractivity contribution in [1.82, 2.24) is 0 Å². The van der Waals surface area contributed by atoms with Crippen molar-refractivity contribution in [1.29, 1.82) is 0 Å². The second-order valence-electron chi connectivity index (χ2n) is 5.57. The Bertz CT molecular complexity index is 381. The van der Waals surface area contributed by atoms with Crippen molar-refractivity contribution in [2.24, 2.45) is 0 Å². The largest absolute Gasteiger partial charge is 0.394 e. The maximum atomic E-state index is 10.1. The molecule has 7 N–H and O–H groups in total. The third-order valence-electron chi connectivity index (χ3n) is 3.99. The van der Waals surface area contributed by atoms with Crippen LogP contribution in [-0.2, 0) is 14.2 Å². The van der Waals surface area contributed by atoms with Crippen molar-refractivity contribution in [3.63, 3.8) is 0 Å². The Hall–Kier alpha value is -0.400. The molecule has 10 heteroatoms. The van der Waals surface area contributed by atoms with Crippen molar-refractivity contribution in [2.75, 3.05) is 13.2 Å². The van der Waals surface area contributed by atoms with Gasteiger partial charge in [-0.2, -0.15) is 0 Å². The Morgan fingerprint density at radius 1 is 1.00 bits per heavy atom. The third kappa shape index (κ3) is 2.99. The molecule has 2 rings (SSSR count). The summed E-state index contributed by atoms with van der Waals surface area (Å²) in [5.41, 5.74) is 0. The number of aliphatic hydroxyl groups excluding tert-OH is 6. The summed E-state index contributed by atoms with van der Waals surface area (Å²) in [4.78, 5) is 0. The molecule has 0 aliphatic carbocycles. The number of hydrogen-bond acceptors (Lipinski definition) is 10. The zero-order valence-electron chi connectivity index (χ0n) is 11.9. The summed E-state index contributed by atoms with van der Waals surface area (Å²) in [5, 5.41) is 67.6. The first-order chi connectivity index (χ1) is 10.2. The average Bonchev–Trinajstić information content (AvgIpc) is 2.75. The minimum absolute atomic E-state index is 0.630. The molecule has 0 aromatic carbocycles. The summed E-state index contributed by atoms with van der Waals surface area (Å²) in [7, 11) is 0. The van der Waals surface area contributed by atoms with Crippen molar-refractivity contribution < 1.29 is 50.0 Å². The Morgan fingerprint density at radius 2 is 1.64 bits per heavy atom. The standard InChI is InChI=1S/C12H22O10/c1-4-6(15)8(17)9(18)11(20-4)21-10-7(16)5(2-13)22-12(10,19)3-14/h4-11,13-19H,2-3H2,1H3/t4-,5+,6-,7+,8+,9+,10-,11-,12+/m0/s1. The normalized spacial score (nSPS) is 52.9. The number of hydrogen-bond donors (Lipinski definition) is 7. The van der Waals surface area contributed by atoms with Crippen LogP contribution in [0, 0.1) is 0 Å². The lowest BCUT2D eigenvalue weighted by atomic mass is 9.99. The smallest absolute Gasteiger partial charge is 0.219 e. The molecule has 10 nitrogen and oxygen atoms in total. The van der Waals surface area contributed by atoms with Gasteiger partial charge in [0, 0.05) is 0 Å². The minimum Gasteiger partial charge on any atom is -0.394 e. The first kappa shape index (κ1) is 17.9. The zero-order chi connectivity index (χ0) is 16.7. The third-order valence-corrected chi connectivity index (χ3v) is 3.99. The van der Waals surface area contributed by atoms with Gasteiger partial charge in [0.05, 0.1) is 19.3 Å². The van der Waals surface area contributed by atoms with E-state index in [1.807, 2.05) is 0 Å². The molecule has 22 heavy (non-hydrogen) atoms. The van der Waals surface area contributed by atoms with Crippen LogP contribution in [0.3, 0.4) is 0 Å². The van der Waals surface area contributed by atoms with E-state index in [1.54, 1.807) is 0 Å². The van der Waals surface area contributed by atoms with Gasteiger partial charge in [-0.25, -0.2) is 0 Å². The molecule has 2 aliphatic heterocycles. The van der Waals surface area contributed by atoms with Crippen LogP contribution in [-0.4, -0.2) is 104 Å². The first-order valence-corrected chi connectivity index (χ1v) is 6.90. The van der Waals surface area contributed by atoms with Crippen LogP contribution < -0.4 is 0 Å². The Labute approximate surface area is 126 Å². The summed E-state index contributed by atoms with van der Waals surface area (Å²) >= 11 is 0. The van der Waals surface area contributed by atoms with Gasteiger partial charge in [-0.1, -0.05) is 0 Å². The molecule has 0 unspecified atom stereocenters. The molecule has 0 spiro atoms. The second kappa shape index (κ2) is 6.61. The van der Waals surface area contributed by atoms with E-state index in [0.29, 0.717) is 0 Å². The lowest BCUT2D eigenvalue weighted by Crippen LogP contribution is -2.60. The van der Waals surface area contributed by atoms with Crippen LogP contribution in [0.25, 0.3) is 0 Å². The molecule has 2 aliphatic rings. The van der Waals surface area contributed by atoms with E-state index >= 15 is 0 Å². The van der Waals surface area contributed by atoms with Gasteiger partial charge in [0.1, 0.15) is 36.6 Å². The van der Waals surface area contributed by atoms with Gasteiger partial charge in [-0.15, -0.1) is 0 Å². The molecule has 0 saturated carbocycles. The predicted octanol–water partition coefficient (Wildman–Crippen LogP) is -4.37. The molecule has 0 aromatic heterocycles. The summed E-state index contributed by atoms with van der Waals surface area (Å²) in [6.45, 7) is -0.129. The summed E-state index contributed by atoms with van der Waals surface area (Å²) < 4.78 is 15.4. The molecule has 2 fully saturated rings. The van der Waals surface area contributed by atoms with Crippen LogP contribution in [0.2, 0.25) is 0 Å². The average molecular weight is 326 g/mol. The van der Waals surface area contributed by atoms with Crippen LogP contribution in [0.5, 0.6) is 0 Å². The summed E-state index contributed by atoms with van der Waals surface area (Å²) in [6, 6.07) is 0. The maximum absolute atomic E-state index is 10.1. The monoisotopic (exact) mass is 326 g/mol. The summed E-state index contributed by atoms with van der Waals surface area (Å²) in [5.74, 6) is -2.31. The minimum atomic E-state index is -2.31. The van der Waals surface area contributed by atoms with Crippen LogP contribution in [0.4, 0.5) is 0 Å². The highest BCUT2D eigenvalue weighted by Crippen LogP contribution is 2.34. The van der Waals surface area contributed by atoms with Gasteiger partial charge < -0.3 is 50.0 Å². The predicted molar refractivity (Wildman–Crippen MR) is 67.2 cm³/mol. The number of rotatable bonds is 4. The fourth-order valence-electron chi connectivity index (χ4n) is 2.59. The van der Waals surface area contributed by atoms with Gasteiger partial charge in [0.15, 0.2) is 6.29 Å². The van der Waals surface area contributed by atoms with E-state index in [4.69, 9.17) is 19.3 Å². The molecule has 130 valence electrons. The van der Waals surface area contributed by atoms with E-state index in [1.165, 1.54) is 6.92 Å². The summed E-state index contributed by atoms with van der Waals surface area (Å²) in [6.07, 6.45) is -11.1. The zero-order valence-corrected chi connectivity index (χ0v) is 11.9. The van der Waals surface area contributed by atoms with Crippen molar-refractivity contribution in [3.8, 4) is 0 Å². The van der Waals surface area contributed by atoms with E-state index in [9.17, 15) is 30.6 Å². The highest BCUT2D eigenvalue weighted by Gasteiger charge is 2.57. The van der Waals surface area contributed by atoms with Gasteiger partial charge in [-0.3, -0.25) is 0 Å². The molecule has 2 saturated heterocycles. The number of ether oxygens (including phenoxy) is 3. The first-order valence-electron chi connectivity index (χ1n) is 6.90.